The van der Waals surface area contributed by atoms with Crippen LogP contribution >= 0.6 is 0 Å². The third-order valence-electron chi connectivity index (χ3n) is 6.78. The predicted molar refractivity (Wildman–Crippen MR) is 123 cm³/mol. The normalized spacial score (nSPS) is 20.4. The number of rotatable bonds is 4. The predicted octanol–water partition coefficient (Wildman–Crippen LogP) is 4.81. The average molecular weight is 448 g/mol. The standard InChI is InChI=1S/C26H29N3O4/c1-16-12-13-17(23-27-24(33-28-23)26(2,3)31)14-29(16)25(30)32-15-22-20-10-6-4-8-18(20)19-9-5-7-11-21(19)22/h4-11,16-17,22,31H,12-15H2,1-3H3/t16-,17-/m1/s1. The molecule has 0 bridgehead atoms. The summed E-state index contributed by atoms with van der Waals surface area (Å²) in [5.41, 5.74) is 3.62. The van der Waals surface area contributed by atoms with E-state index in [2.05, 4.69) is 34.4 Å². The lowest BCUT2D eigenvalue weighted by atomic mass is 9.93. The van der Waals surface area contributed by atoms with E-state index in [0.29, 0.717) is 19.0 Å². The molecule has 0 radical (unpaired) electrons. The zero-order chi connectivity index (χ0) is 23.2. The quantitative estimate of drug-likeness (QED) is 0.617. The molecular formula is C26H29N3O4. The van der Waals surface area contributed by atoms with E-state index in [0.717, 1.165) is 12.8 Å². The maximum absolute atomic E-state index is 13.1. The van der Waals surface area contributed by atoms with Gasteiger partial charge < -0.3 is 19.3 Å². The number of ether oxygens (including phenoxy) is 1. The maximum atomic E-state index is 13.1. The number of carbonyl (C=O) groups excluding carboxylic acids is 1. The van der Waals surface area contributed by atoms with Gasteiger partial charge in [0, 0.05) is 24.4 Å². The summed E-state index contributed by atoms with van der Waals surface area (Å²) in [7, 11) is 0. The second-order valence-electron chi connectivity index (χ2n) is 9.60. The Labute approximate surface area is 193 Å². The van der Waals surface area contributed by atoms with E-state index in [-0.39, 0.29) is 29.9 Å². The number of aromatic nitrogens is 2. The van der Waals surface area contributed by atoms with Gasteiger partial charge in [0.15, 0.2) is 5.82 Å². The second kappa shape index (κ2) is 8.30. The highest BCUT2D eigenvalue weighted by molar-refractivity contribution is 5.79. The zero-order valence-corrected chi connectivity index (χ0v) is 19.2. The van der Waals surface area contributed by atoms with Crippen molar-refractivity contribution in [2.75, 3.05) is 13.2 Å². The number of carbonyl (C=O) groups is 1. The van der Waals surface area contributed by atoms with E-state index in [1.165, 1.54) is 22.3 Å². The Morgan fingerprint density at radius 2 is 1.76 bits per heavy atom. The lowest BCUT2D eigenvalue weighted by molar-refractivity contribution is 0.0420. The fourth-order valence-electron chi connectivity index (χ4n) is 4.90. The largest absolute Gasteiger partial charge is 0.448 e. The smallest absolute Gasteiger partial charge is 0.410 e. The number of likely N-dealkylation sites (tertiary alicyclic amines) is 1. The Morgan fingerprint density at radius 3 is 2.36 bits per heavy atom. The van der Waals surface area contributed by atoms with Crippen LogP contribution in [0.1, 0.15) is 68.3 Å². The lowest BCUT2D eigenvalue weighted by Gasteiger charge is -2.36. The van der Waals surface area contributed by atoms with E-state index >= 15 is 0 Å². The molecule has 5 rings (SSSR count). The zero-order valence-electron chi connectivity index (χ0n) is 19.2. The van der Waals surface area contributed by atoms with Gasteiger partial charge in [-0.15, -0.1) is 0 Å². The number of piperidine rings is 1. The number of hydrogen-bond acceptors (Lipinski definition) is 6. The Bertz CT molecular complexity index is 1120. The van der Waals surface area contributed by atoms with Crippen LogP contribution in [0.3, 0.4) is 0 Å². The van der Waals surface area contributed by atoms with Gasteiger partial charge in [0.2, 0.25) is 0 Å². The van der Waals surface area contributed by atoms with Crippen LogP contribution in [0.2, 0.25) is 0 Å². The molecule has 33 heavy (non-hydrogen) atoms. The molecular weight excluding hydrogens is 418 g/mol. The fraction of sp³-hybridized carbons (Fsp3) is 0.423. The van der Waals surface area contributed by atoms with Crippen LogP contribution < -0.4 is 0 Å². The Hall–Kier alpha value is -3.19. The minimum Gasteiger partial charge on any atom is -0.448 e. The van der Waals surface area contributed by atoms with Crippen molar-refractivity contribution >= 4 is 6.09 Å². The van der Waals surface area contributed by atoms with Crippen LogP contribution in [-0.2, 0) is 10.3 Å². The van der Waals surface area contributed by atoms with Gasteiger partial charge in [0.1, 0.15) is 12.2 Å². The molecule has 1 aliphatic heterocycles. The van der Waals surface area contributed by atoms with Gasteiger partial charge in [-0.05, 0) is 55.9 Å². The number of benzene rings is 2. The van der Waals surface area contributed by atoms with Gasteiger partial charge in [-0.1, -0.05) is 53.7 Å². The van der Waals surface area contributed by atoms with Gasteiger partial charge in [-0.25, -0.2) is 4.79 Å². The molecule has 172 valence electrons. The highest BCUT2D eigenvalue weighted by Crippen LogP contribution is 2.44. The summed E-state index contributed by atoms with van der Waals surface area (Å²) < 4.78 is 11.1. The van der Waals surface area contributed by atoms with Crippen LogP contribution in [0, 0.1) is 0 Å². The molecule has 1 amide bonds. The number of fused-ring (bicyclic) bond motifs is 3. The summed E-state index contributed by atoms with van der Waals surface area (Å²) in [6, 6.07) is 16.7. The topological polar surface area (TPSA) is 88.7 Å². The minimum absolute atomic E-state index is 0.0313. The van der Waals surface area contributed by atoms with Gasteiger partial charge >= 0.3 is 6.09 Å². The van der Waals surface area contributed by atoms with Crippen molar-refractivity contribution in [1.29, 1.82) is 0 Å². The fourth-order valence-corrected chi connectivity index (χ4v) is 4.90. The number of nitrogens with zero attached hydrogens (tertiary/aromatic N) is 3. The van der Waals surface area contributed by atoms with Crippen LogP contribution in [0.5, 0.6) is 0 Å². The molecule has 0 saturated carbocycles. The Kier molecular flexibility index (Phi) is 5.44. The van der Waals surface area contributed by atoms with E-state index in [1.54, 1.807) is 18.7 Å². The van der Waals surface area contributed by atoms with Gasteiger partial charge in [0.25, 0.3) is 5.89 Å². The molecule has 1 N–H and O–H groups in total. The molecule has 1 fully saturated rings. The summed E-state index contributed by atoms with van der Waals surface area (Å²) in [4.78, 5) is 19.3. The first-order valence-corrected chi connectivity index (χ1v) is 11.5. The van der Waals surface area contributed by atoms with E-state index in [1.807, 2.05) is 31.2 Å². The van der Waals surface area contributed by atoms with Crippen LogP contribution in [0.15, 0.2) is 53.1 Å². The molecule has 2 heterocycles. The molecule has 3 aromatic rings. The van der Waals surface area contributed by atoms with E-state index in [4.69, 9.17) is 9.26 Å². The molecule has 1 aromatic heterocycles. The number of aliphatic hydroxyl groups is 1. The monoisotopic (exact) mass is 447 g/mol. The SMILES string of the molecule is C[C@@H]1CC[C@@H](c2noc(C(C)(C)O)n2)CN1C(=O)OCC1c2ccccc2-c2ccccc21. The van der Waals surface area contributed by atoms with Gasteiger partial charge in [0.05, 0.1) is 0 Å². The molecule has 7 heteroatoms. The first-order chi connectivity index (χ1) is 15.8. The number of hydrogen-bond donors (Lipinski definition) is 1. The molecule has 0 unspecified atom stereocenters. The molecule has 2 aromatic carbocycles. The third-order valence-corrected chi connectivity index (χ3v) is 6.78. The first-order valence-electron chi connectivity index (χ1n) is 11.5. The summed E-state index contributed by atoms with van der Waals surface area (Å²) in [6.07, 6.45) is 1.35. The summed E-state index contributed by atoms with van der Waals surface area (Å²) in [6.45, 7) is 6.01. The molecule has 0 spiro atoms. The Morgan fingerprint density at radius 1 is 1.12 bits per heavy atom. The molecule has 1 saturated heterocycles. The lowest BCUT2D eigenvalue weighted by Crippen LogP contribution is -2.45. The summed E-state index contributed by atoms with van der Waals surface area (Å²) in [5, 5.41) is 14.2. The molecule has 2 aliphatic rings. The van der Waals surface area contributed by atoms with Crippen molar-refractivity contribution in [3.05, 3.63) is 71.4 Å². The molecule has 7 nitrogen and oxygen atoms in total. The summed E-state index contributed by atoms with van der Waals surface area (Å²) >= 11 is 0. The van der Waals surface area contributed by atoms with Crippen molar-refractivity contribution in [2.24, 2.45) is 0 Å². The average Bonchev–Trinajstić information content (AvgIpc) is 3.42. The first kappa shape index (κ1) is 21.6. The van der Waals surface area contributed by atoms with Crippen molar-refractivity contribution in [3.8, 4) is 11.1 Å². The highest BCUT2D eigenvalue weighted by Gasteiger charge is 2.36. The van der Waals surface area contributed by atoms with Crippen LogP contribution in [-0.4, -0.2) is 45.4 Å². The minimum atomic E-state index is -1.19. The number of amides is 1. The van der Waals surface area contributed by atoms with Crippen molar-refractivity contribution < 1.29 is 19.2 Å². The van der Waals surface area contributed by atoms with Crippen molar-refractivity contribution in [1.82, 2.24) is 15.0 Å². The second-order valence-corrected chi connectivity index (χ2v) is 9.60. The third kappa shape index (κ3) is 4.02. The summed E-state index contributed by atoms with van der Waals surface area (Å²) in [5.74, 6) is 0.685. The molecule has 1 aliphatic carbocycles. The molecule has 2 atom stereocenters. The highest BCUT2D eigenvalue weighted by atomic mass is 16.6. The Balaban J connectivity index is 1.29. The van der Waals surface area contributed by atoms with Gasteiger partial charge in [-0.3, -0.25) is 0 Å². The van der Waals surface area contributed by atoms with Crippen LogP contribution in [0.4, 0.5) is 4.79 Å². The van der Waals surface area contributed by atoms with E-state index < -0.39 is 5.60 Å². The van der Waals surface area contributed by atoms with Crippen molar-refractivity contribution in [2.45, 2.75) is 57.1 Å². The van der Waals surface area contributed by atoms with Crippen LogP contribution in [0.25, 0.3) is 11.1 Å². The van der Waals surface area contributed by atoms with E-state index in [9.17, 15) is 9.90 Å². The van der Waals surface area contributed by atoms with Gasteiger partial charge in [-0.2, -0.15) is 4.98 Å². The van der Waals surface area contributed by atoms with Crippen molar-refractivity contribution in [3.63, 3.8) is 0 Å². The maximum Gasteiger partial charge on any atom is 0.410 e.